The van der Waals surface area contributed by atoms with Gasteiger partial charge < -0.3 is 11.5 Å². The summed E-state index contributed by atoms with van der Waals surface area (Å²) in [4.78, 5) is 0. The number of nitrogens with zero attached hydrogens (tertiary/aromatic N) is 1. The molecule has 0 spiro atoms. The highest BCUT2D eigenvalue weighted by Crippen LogP contribution is 2.14. The highest BCUT2D eigenvalue weighted by molar-refractivity contribution is 5.52. The van der Waals surface area contributed by atoms with E-state index < -0.39 is 0 Å². The molecule has 5 N–H and O–H groups in total. The molecule has 0 amide bonds. The summed E-state index contributed by atoms with van der Waals surface area (Å²) in [5, 5.41) is 0. The van der Waals surface area contributed by atoms with Crippen LogP contribution in [0.15, 0.2) is 0 Å². The number of hydrogen-bond donors (Lipinski definition) is 3. The van der Waals surface area contributed by atoms with Gasteiger partial charge in [0.25, 0.3) is 0 Å². The summed E-state index contributed by atoms with van der Waals surface area (Å²) in [5.74, 6) is 0. The molecule has 1 aliphatic rings. The fourth-order valence-electron chi connectivity index (χ4n) is 2.74. The Bertz CT molecular complexity index is 240. The second-order valence-electron chi connectivity index (χ2n) is 5.57. The van der Waals surface area contributed by atoms with Crippen LogP contribution in [0.2, 0.25) is 0 Å². The predicted molar refractivity (Wildman–Crippen MR) is 82.4 cm³/mol. The van der Waals surface area contributed by atoms with Gasteiger partial charge in [0.2, 0.25) is 0 Å². The second kappa shape index (κ2) is 11.2. The van der Waals surface area contributed by atoms with E-state index in [2.05, 4.69) is 16.3 Å². The van der Waals surface area contributed by atoms with Crippen LogP contribution >= 0.6 is 0 Å². The van der Waals surface area contributed by atoms with Crippen molar-refractivity contribution in [1.29, 1.82) is 0 Å². The Morgan fingerprint density at radius 1 is 0.895 bits per heavy atom. The van der Waals surface area contributed by atoms with Crippen molar-refractivity contribution in [2.24, 2.45) is 11.5 Å². The zero-order valence-corrected chi connectivity index (χ0v) is 12.4. The summed E-state index contributed by atoms with van der Waals surface area (Å²) in [6.45, 7) is 2.77. The SMILES string of the molecule is NCCCCCCCC(CCCCN)[N+]1=CCCN1. The molecule has 0 saturated carbocycles. The molecule has 0 bridgehead atoms. The number of unbranched alkanes of at least 4 members (excludes halogenated alkanes) is 5. The summed E-state index contributed by atoms with van der Waals surface area (Å²) in [6, 6.07) is 0.670. The molecule has 4 heteroatoms. The molecule has 0 aromatic carbocycles. The number of rotatable bonds is 12. The fourth-order valence-corrected chi connectivity index (χ4v) is 2.74. The van der Waals surface area contributed by atoms with Gasteiger partial charge in [0.1, 0.15) is 0 Å². The first-order valence-corrected chi connectivity index (χ1v) is 8.13. The molecule has 1 unspecified atom stereocenters. The highest BCUT2D eigenvalue weighted by Gasteiger charge is 2.22. The van der Waals surface area contributed by atoms with Gasteiger partial charge in [-0.05, 0) is 38.8 Å². The van der Waals surface area contributed by atoms with Gasteiger partial charge in [0.15, 0.2) is 12.3 Å². The van der Waals surface area contributed by atoms with Crippen LogP contribution in [0.5, 0.6) is 0 Å². The van der Waals surface area contributed by atoms with E-state index in [1.54, 1.807) is 0 Å². The first-order valence-electron chi connectivity index (χ1n) is 8.13. The van der Waals surface area contributed by atoms with Crippen molar-refractivity contribution in [1.82, 2.24) is 5.43 Å². The number of hydrazone groups is 1. The molecular weight excluding hydrogens is 236 g/mol. The van der Waals surface area contributed by atoms with E-state index in [9.17, 15) is 0 Å². The van der Waals surface area contributed by atoms with Crippen LogP contribution in [0.1, 0.15) is 64.2 Å². The lowest BCUT2D eigenvalue weighted by Crippen LogP contribution is -2.34. The lowest BCUT2D eigenvalue weighted by atomic mass is 10.0. The first kappa shape index (κ1) is 16.4. The Morgan fingerprint density at radius 3 is 2.11 bits per heavy atom. The van der Waals surface area contributed by atoms with Crippen molar-refractivity contribution >= 4 is 6.21 Å². The maximum atomic E-state index is 5.59. The van der Waals surface area contributed by atoms with Crippen molar-refractivity contribution in [3.63, 3.8) is 0 Å². The van der Waals surface area contributed by atoms with Gasteiger partial charge in [-0.25, -0.2) is 0 Å². The van der Waals surface area contributed by atoms with E-state index in [4.69, 9.17) is 11.5 Å². The first-order chi connectivity index (χ1) is 9.38. The molecule has 0 aliphatic carbocycles. The number of hydrazine groups is 1. The van der Waals surface area contributed by atoms with Gasteiger partial charge in [-0.3, -0.25) is 0 Å². The van der Waals surface area contributed by atoms with Crippen molar-refractivity contribution in [2.45, 2.75) is 70.3 Å². The molecule has 0 aromatic rings. The van der Waals surface area contributed by atoms with Crippen LogP contribution in [0.25, 0.3) is 0 Å². The molecule has 19 heavy (non-hydrogen) atoms. The molecule has 1 aliphatic heterocycles. The van der Waals surface area contributed by atoms with Crippen molar-refractivity contribution in [3.8, 4) is 0 Å². The van der Waals surface area contributed by atoms with Crippen molar-refractivity contribution in [2.75, 3.05) is 19.6 Å². The third-order valence-corrected chi connectivity index (χ3v) is 3.89. The van der Waals surface area contributed by atoms with Gasteiger partial charge in [-0.15, -0.1) is 4.68 Å². The topological polar surface area (TPSA) is 67.1 Å². The van der Waals surface area contributed by atoms with E-state index >= 15 is 0 Å². The Labute approximate surface area is 118 Å². The van der Waals surface area contributed by atoms with Crippen LogP contribution < -0.4 is 16.9 Å². The van der Waals surface area contributed by atoms with E-state index in [0.717, 1.165) is 26.1 Å². The van der Waals surface area contributed by atoms with E-state index in [1.165, 1.54) is 57.8 Å². The summed E-state index contributed by atoms with van der Waals surface area (Å²) < 4.78 is 2.36. The lowest BCUT2D eigenvalue weighted by molar-refractivity contribution is -0.612. The third-order valence-electron chi connectivity index (χ3n) is 3.89. The second-order valence-corrected chi connectivity index (χ2v) is 5.57. The van der Waals surface area contributed by atoms with E-state index in [1.807, 2.05) is 0 Å². The normalized spacial score (nSPS) is 16.2. The predicted octanol–water partition coefficient (Wildman–Crippen LogP) is 1.77. The monoisotopic (exact) mass is 269 g/mol. The van der Waals surface area contributed by atoms with Crippen LogP contribution in [0, 0.1) is 0 Å². The Hall–Kier alpha value is -0.610. The minimum atomic E-state index is 0.670. The van der Waals surface area contributed by atoms with Crippen LogP contribution in [-0.4, -0.2) is 36.6 Å². The Balaban J connectivity index is 2.17. The number of hydrogen-bond acceptors (Lipinski definition) is 3. The largest absolute Gasteiger partial charge is 0.330 e. The zero-order valence-electron chi connectivity index (χ0n) is 12.4. The van der Waals surface area contributed by atoms with Gasteiger partial charge >= 0.3 is 0 Å². The molecule has 0 aromatic heterocycles. The average Bonchev–Trinajstić information content (AvgIpc) is 2.94. The number of nitrogens with two attached hydrogens (primary N) is 2. The molecule has 1 rings (SSSR count). The molecule has 4 nitrogen and oxygen atoms in total. The molecule has 0 fully saturated rings. The summed E-state index contributed by atoms with van der Waals surface area (Å²) in [7, 11) is 0. The molecule has 112 valence electrons. The van der Waals surface area contributed by atoms with Gasteiger partial charge in [0.05, 0.1) is 13.0 Å². The maximum absolute atomic E-state index is 5.59. The minimum absolute atomic E-state index is 0.670. The molecule has 0 radical (unpaired) electrons. The smallest absolute Gasteiger partial charge is 0.180 e. The van der Waals surface area contributed by atoms with E-state index in [-0.39, 0.29) is 0 Å². The Morgan fingerprint density at radius 2 is 1.47 bits per heavy atom. The molecule has 0 saturated heterocycles. The average molecular weight is 269 g/mol. The quantitative estimate of drug-likeness (QED) is 0.374. The lowest BCUT2D eigenvalue weighted by Gasteiger charge is -2.13. The standard InChI is InChI=1S/C15H33N4/c16-11-6-3-1-2-4-9-15(10-5-7-12-17)19-14-8-13-18-19/h14-15,18H,1-13,16-17H2/q+1. The molecular formula is C15H33N4+. The highest BCUT2D eigenvalue weighted by atomic mass is 15.5. The van der Waals surface area contributed by atoms with Crippen molar-refractivity contribution in [3.05, 3.63) is 0 Å². The maximum Gasteiger partial charge on any atom is 0.180 e. The van der Waals surface area contributed by atoms with Crippen LogP contribution in [0.3, 0.4) is 0 Å². The summed E-state index contributed by atoms with van der Waals surface area (Å²) in [5.41, 5.74) is 14.6. The minimum Gasteiger partial charge on any atom is -0.330 e. The zero-order chi connectivity index (χ0) is 13.8. The summed E-state index contributed by atoms with van der Waals surface area (Å²) in [6.07, 6.45) is 15.0. The van der Waals surface area contributed by atoms with E-state index in [0.29, 0.717) is 6.04 Å². The fraction of sp³-hybridized carbons (Fsp3) is 0.933. The van der Waals surface area contributed by atoms with Crippen LogP contribution in [-0.2, 0) is 0 Å². The third kappa shape index (κ3) is 7.53. The molecule has 1 heterocycles. The van der Waals surface area contributed by atoms with Crippen molar-refractivity contribution < 1.29 is 4.68 Å². The van der Waals surface area contributed by atoms with Gasteiger partial charge in [-0.1, -0.05) is 19.3 Å². The van der Waals surface area contributed by atoms with Gasteiger partial charge in [0, 0.05) is 12.8 Å². The Kier molecular flexibility index (Phi) is 9.72. The number of nitrogens with one attached hydrogen (secondary N) is 1. The summed E-state index contributed by atoms with van der Waals surface area (Å²) >= 11 is 0. The van der Waals surface area contributed by atoms with Crippen LogP contribution in [0.4, 0.5) is 0 Å². The van der Waals surface area contributed by atoms with Gasteiger partial charge in [-0.2, -0.15) is 5.43 Å². The molecule has 1 atom stereocenters.